The summed E-state index contributed by atoms with van der Waals surface area (Å²) in [5.41, 5.74) is 0.667. The highest BCUT2D eigenvalue weighted by Gasteiger charge is 2.40. The zero-order valence-electron chi connectivity index (χ0n) is 11.4. The number of methoxy groups -OCH3 is 1. The van der Waals surface area contributed by atoms with Gasteiger partial charge in [-0.15, -0.1) is 0 Å². The molecule has 2 aliphatic rings. The smallest absolute Gasteiger partial charge is 0.254 e. The second-order valence-corrected chi connectivity index (χ2v) is 5.54. The lowest BCUT2D eigenvalue weighted by Crippen LogP contribution is -2.32. The van der Waals surface area contributed by atoms with Crippen LogP contribution in [0.2, 0.25) is 0 Å². The highest BCUT2D eigenvalue weighted by molar-refractivity contribution is 5.94. The lowest BCUT2D eigenvalue weighted by Gasteiger charge is -2.19. The van der Waals surface area contributed by atoms with E-state index in [1.807, 2.05) is 4.90 Å². The maximum Gasteiger partial charge on any atom is 0.254 e. The molecule has 3 heterocycles. The molecule has 1 aromatic rings. The number of hydrogen-bond donors (Lipinski definition) is 0. The third-order valence-electron chi connectivity index (χ3n) is 4.15. The van der Waals surface area contributed by atoms with Gasteiger partial charge >= 0.3 is 0 Å². The molecule has 0 bridgehead atoms. The lowest BCUT2D eigenvalue weighted by atomic mass is 10.0. The monoisotopic (exact) mass is 261 g/mol. The standard InChI is InChI=1S/C14H19N3O2/c1-16-6-11-8-17(9-12(11)7-16)14(18)10-3-4-15-13(5-10)19-2/h3-5,11-12H,6-9H2,1-2H3. The van der Waals surface area contributed by atoms with Crippen molar-refractivity contribution in [1.29, 1.82) is 0 Å². The van der Waals surface area contributed by atoms with Gasteiger partial charge < -0.3 is 14.5 Å². The van der Waals surface area contributed by atoms with Gasteiger partial charge in [0.15, 0.2) is 0 Å². The Morgan fingerprint density at radius 1 is 1.32 bits per heavy atom. The molecule has 5 heteroatoms. The van der Waals surface area contributed by atoms with Crippen molar-refractivity contribution in [2.24, 2.45) is 11.8 Å². The molecule has 2 fully saturated rings. The molecule has 3 rings (SSSR count). The van der Waals surface area contributed by atoms with Gasteiger partial charge in [-0.25, -0.2) is 4.98 Å². The van der Waals surface area contributed by atoms with Crippen LogP contribution >= 0.6 is 0 Å². The second-order valence-electron chi connectivity index (χ2n) is 5.54. The SMILES string of the molecule is COc1cc(C(=O)N2CC3CN(C)CC3C2)ccn1. The minimum Gasteiger partial charge on any atom is -0.481 e. The molecule has 1 aromatic heterocycles. The van der Waals surface area contributed by atoms with Crippen LogP contribution in [0, 0.1) is 11.8 Å². The first-order valence-corrected chi connectivity index (χ1v) is 6.65. The third kappa shape index (κ3) is 2.30. The van der Waals surface area contributed by atoms with Crippen LogP contribution in [0.25, 0.3) is 0 Å². The van der Waals surface area contributed by atoms with Crippen molar-refractivity contribution in [2.75, 3.05) is 40.3 Å². The summed E-state index contributed by atoms with van der Waals surface area (Å²) in [7, 11) is 3.71. The van der Waals surface area contributed by atoms with Gasteiger partial charge in [-0.2, -0.15) is 0 Å². The summed E-state index contributed by atoms with van der Waals surface area (Å²) >= 11 is 0. The summed E-state index contributed by atoms with van der Waals surface area (Å²) in [6.07, 6.45) is 1.62. The minimum absolute atomic E-state index is 0.0951. The van der Waals surface area contributed by atoms with Crippen molar-refractivity contribution in [3.63, 3.8) is 0 Å². The molecule has 0 aromatic carbocycles. The van der Waals surface area contributed by atoms with Crippen molar-refractivity contribution in [3.8, 4) is 5.88 Å². The molecule has 2 unspecified atom stereocenters. The van der Waals surface area contributed by atoms with Gasteiger partial charge in [-0.3, -0.25) is 4.79 Å². The van der Waals surface area contributed by atoms with E-state index in [0.717, 1.165) is 26.2 Å². The Bertz CT molecular complexity index is 477. The maximum atomic E-state index is 12.5. The van der Waals surface area contributed by atoms with Crippen LogP contribution < -0.4 is 4.74 Å². The molecular weight excluding hydrogens is 242 g/mol. The van der Waals surface area contributed by atoms with Crippen LogP contribution in [0.5, 0.6) is 5.88 Å². The molecule has 1 amide bonds. The van der Waals surface area contributed by atoms with Gasteiger partial charge in [0.1, 0.15) is 0 Å². The first kappa shape index (κ1) is 12.4. The van der Waals surface area contributed by atoms with Gasteiger partial charge in [0.05, 0.1) is 7.11 Å². The van der Waals surface area contributed by atoms with E-state index in [1.165, 1.54) is 0 Å². The van der Waals surface area contributed by atoms with Crippen LogP contribution in [0.4, 0.5) is 0 Å². The molecule has 2 saturated heterocycles. The quantitative estimate of drug-likeness (QED) is 0.787. The third-order valence-corrected chi connectivity index (χ3v) is 4.15. The van der Waals surface area contributed by atoms with E-state index < -0.39 is 0 Å². The number of fused-ring (bicyclic) bond motifs is 1. The van der Waals surface area contributed by atoms with Gasteiger partial charge in [-0.1, -0.05) is 0 Å². The molecular formula is C14H19N3O2. The van der Waals surface area contributed by atoms with E-state index in [1.54, 1.807) is 25.4 Å². The number of carbonyl (C=O) groups is 1. The average molecular weight is 261 g/mol. The maximum absolute atomic E-state index is 12.5. The van der Waals surface area contributed by atoms with E-state index in [-0.39, 0.29) is 5.91 Å². The summed E-state index contributed by atoms with van der Waals surface area (Å²) in [5, 5.41) is 0. The molecule has 0 N–H and O–H groups in total. The molecule has 0 saturated carbocycles. The number of aromatic nitrogens is 1. The number of carbonyl (C=O) groups excluding carboxylic acids is 1. The summed E-state index contributed by atoms with van der Waals surface area (Å²) < 4.78 is 5.07. The van der Waals surface area contributed by atoms with E-state index in [4.69, 9.17) is 4.74 Å². The number of rotatable bonds is 2. The van der Waals surface area contributed by atoms with Crippen LogP contribution in [0.15, 0.2) is 18.3 Å². The highest BCUT2D eigenvalue weighted by Crippen LogP contribution is 2.31. The van der Waals surface area contributed by atoms with Crippen molar-refractivity contribution in [1.82, 2.24) is 14.8 Å². The van der Waals surface area contributed by atoms with E-state index >= 15 is 0 Å². The molecule has 19 heavy (non-hydrogen) atoms. The van der Waals surface area contributed by atoms with Crippen molar-refractivity contribution >= 4 is 5.91 Å². The molecule has 0 radical (unpaired) electrons. The Morgan fingerprint density at radius 3 is 2.63 bits per heavy atom. The van der Waals surface area contributed by atoms with Crippen molar-refractivity contribution < 1.29 is 9.53 Å². The number of hydrogen-bond acceptors (Lipinski definition) is 4. The van der Waals surface area contributed by atoms with Gasteiger partial charge in [-0.05, 0) is 24.9 Å². The topological polar surface area (TPSA) is 45.7 Å². The first-order valence-electron chi connectivity index (χ1n) is 6.65. The fourth-order valence-corrected chi connectivity index (χ4v) is 3.23. The summed E-state index contributed by atoms with van der Waals surface area (Å²) in [4.78, 5) is 20.8. The zero-order valence-corrected chi connectivity index (χ0v) is 11.4. The van der Waals surface area contributed by atoms with E-state index in [2.05, 4.69) is 16.9 Å². The number of likely N-dealkylation sites (tertiary alicyclic amines) is 2. The highest BCUT2D eigenvalue weighted by atomic mass is 16.5. The van der Waals surface area contributed by atoms with E-state index in [9.17, 15) is 4.79 Å². The number of pyridine rings is 1. The minimum atomic E-state index is 0.0951. The average Bonchev–Trinajstić information content (AvgIpc) is 2.95. The Balaban J connectivity index is 1.72. The Morgan fingerprint density at radius 2 is 2.00 bits per heavy atom. The Hall–Kier alpha value is -1.62. The van der Waals surface area contributed by atoms with Crippen molar-refractivity contribution in [3.05, 3.63) is 23.9 Å². The number of amides is 1. The predicted octanol–water partition coefficient (Wildman–Crippen LogP) is 0.724. The Kier molecular flexibility index (Phi) is 3.14. The molecule has 0 aliphatic carbocycles. The number of ether oxygens (including phenoxy) is 1. The fraction of sp³-hybridized carbons (Fsp3) is 0.571. The van der Waals surface area contributed by atoms with Gasteiger partial charge in [0, 0.05) is 44.0 Å². The van der Waals surface area contributed by atoms with Crippen LogP contribution in [0.3, 0.4) is 0 Å². The Labute approximate surface area is 113 Å². The van der Waals surface area contributed by atoms with Gasteiger partial charge in [0.2, 0.25) is 5.88 Å². The molecule has 5 nitrogen and oxygen atoms in total. The number of nitrogens with zero attached hydrogens (tertiary/aromatic N) is 3. The molecule has 2 aliphatic heterocycles. The van der Waals surface area contributed by atoms with Crippen LogP contribution in [-0.4, -0.2) is 61.0 Å². The fourth-order valence-electron chi connectivity index (χ4n) is 3.23. The summed E-state index contributed by atoms with van der Waals surface area (Å²) in [6.45, 7) is 3.96. The van der Waals surface area contributed by atoms with Crippen molar-refractivity contribution in [2.45, 2.75) is 0 Å². The van der Waals surface area contributed by atoms with Crippen LogP contribution in [-0.2, 0) is 0 Å². The lowest BCUT2D eigenvalue weighted by molar-refractivity contribution is 0.0775. The van der Waals surface area contributed by atoms with Gasteiger partial charge in [0.25, 0.3) is 5.91 Å². The molecule has 0 spiro atoms. The second kappa shape index (κ2) is 4.81. The normalized spacial score (nSPS) is 26.5. The van der Waals surface area contributed by atoms with Crippen LogP contribution in [0.1, 0.15) is 10.4 Å². The molecule has 2 atom stereocenters. The zero-order chi connectivity index (χ0) is 13.4. The summed E-state index contributed by atoms with van der Waals surface area (Å²) in [6, 6.07) is 3.47. The molecule has 102 valence electrons. The predicted molar refractivity (Wildman–Crippen MR) is 71.2 cm³/mol. The largest absolute Gasteiger partial charge is 0.481 e. The first-order chi connectivity index (χ1) is 9.17. The summed E-state index contributed by atoms with van der Waals surface area (Å²) in [5.74, 6) is 1.86. The van der Waals surface area contributed by atoms with E-state index in [0.29, 0.717) is 23.3 Å².